The minimum absolute atomic E-state index is 0.0268. The fraction of sp³-hybridized carbons (Fsp3) is 0.300. The van der Waals surface area contributed by atoms with Gasteiger partial charge in [0.05, 0.1) is 25.9 Å². The lowest BCUT2D eigenvalue weighted by atomic mass is 9.96. The van der Waals surface area contributed by atoms with E-state index in [1.807, 2.05) is 0 Å². The number of ether oxygens (including phenoxy) is 2. The maximum absolute atomic E-state index is 13.7. The van der Waals surface area contributed by atoms with Gasteiger partial charge in [0.1, 0.15) is 11.6 Å². The van der Waals surface area contributed by atoms with Crippen molar-refractivity contribution in [2.75, 3.05) is 12.4 Å². The topological polar surface area (TPSA) is 65.4 Å². The van der Waals surface area contributed by atoms with Gasteiger partial charge in [-0.2, -0.15) is 4.98 Å². The molecule has 0 amide bonds. The summed E-state index contributed by atoms with van der Waals surface area (Å²) < 4.78 is 61.5. The Labute approximate surface area is 179 Å². The van der Waals surface area contributed by atoms with Gasteiger partial charge in [0.15, 0.2) is 0 Å². The summed E-state index contributed by atoms with van der Waals surface area (Å²) >= 11 is 5.91. The number of anilines is 1. The molecule has 0 spiro atoms. The zero-order chi connectivity index (χ0) is 22.8. The van der Waals surface area contributed by atoms with Crippen molar-refractivity contribution in [2.45, 2.75) is 25.9 Å². The van der Waals surface area contributed by atoms with Crippen LogP contribution >= 0.6 is 11.6 Å². The zero-order valence-corrected chi connectivity index (χ0v) is 17.2. The van der Waals surface area contributed by atoms with E-state index >= 15 is 0 Å². The van der Waals surface area contributed by atoms with Crippen LogP contribution in [0, 0.1) is 11.7 Å². The average Bonchev–Trinajstić information content (AvgIpc) is 2.63. The van der Waals surface area contributed by atoms with Gasteiger partial charge in [-0.05, 0) is 35.9 Å². The first-order valence-electron chi connectivity index (χ1n) is 9.07. The monoisotopic (exact) mass is 459 g/mol. The number of hydrogen-bond acceptors (Lipinski definition) is 5. The summed E-state index contributed by atoms with van der Waals surface area (Å²) in [4.78, 5) is 16.1. The van der Waals surface area contributed by atoms with Gasteiger partial charge in [-0.25, -0.2) is 4.39 Å². The average molecular weight is 460 g/mol. The van der Waals surface area contributed by atoms with Crippen LogP contribution in [0.25, 0.3) is 0 Å². The first-order valence-corrected chi connectivity index (χ1v) is 9.44. The number of nitrogens with one attached hydrogen (secondary N) is 1. The zero-order valence-electron chi connectivity index (χ0n) is 16.4. The van der Waals surface area contributed by atoms with Gasteiger partial charge in [0.2, 0.25) is 11.7 Å². The molecule has 0 radical (unpaired) electrons. The third-order valence-corrected chi connectivity index (χ3v) is 4.67. The Morgan fingerprint density at radius 2 is 2.03 bits per heavy atom. The maximum atomic E-state index is 13.7. The van der Waals surface area contributed by atoms with E-state index in [1.54, 1.807) is 13.0 Å². The Kier molecular flexibility index (Phi) is 6.59. The highest BCUT2D eigenvalue weighted by Gasteiger charge is 2.33. The molecule has 166 valence electrons. The standard InChI is InChI=1S/C20H18ClF4N3O3/c1-11-5-15(31-20(23,24)25)3-4-16(11)26-19-27-18(29)17(30-2)10-28(19)9-12-6-13(21)8-14(22)7-12/h3-8,10-11,16H,9H2,1-2H3,(H,26,27,29). The van der Waals surface area contributed by atoms with Crippen molar-refractivity contribution in [3.05, 3.63) is 75.1 Å². The fourth-order valence-corrected chi connectivity index (χ4v) is 3.31. The summed E-state index contributed by atoms with van der Waals surface area (Å²) in [6.45, 7) is 1.78. The molecular weight excluding hydrogens is 442 g/mol. The lowest BCUT2D eigenvalue weighted by Crippen LogP contribution is -2.31. The summed E-state index contributed by atoms with van der Waals surface area (Å²) in [5.41, 5.74) is -0.129. The van der Waals surface area contributed by atoms with Gasteiger partial charge >= 0.3 is 11.9 Å². The number of hydrogen-bond donors (Lipinski definition) is 1. The minimum atomic E-state index is -4.79. The molecule has 6 nitrogen and oxygen atoms in total. The van der Waals surface area contributed by atoms with Crippen LogP contribution in [0.4, 0.5) is 23.5 Å². The molecule has 2 aromatic rings. The summed E-state index contributed by atoms with van der Waals surface area (Å²) in [6, 6.07) is 3.53. The number of halogens is 5. The summed E-state index contributed by atoms with van der Waals surface area (Å²) in [5, 5.41) is 3.23. The molecule has 31 heavy (non-hydrogen) atoms. The van der Waals surface area contributed by atoms with E-state index in [9.17, 15) is 22.4 Å². The van der Waals surface area contributed by atoms with Gasteiger partial charge in [-0.3, -0.25) is 4.79 Å². The van der Waals surface area contributed by atoms with Crippen LogP contribution < -0.4 is 15.6 Å². The number of allylic oxidation sites excluding steroid dienone is 1. The second-order valence-electron chi connectivity index (χ2n) is 6.85. The lowest BCUT2D eigenvalue weighted by Gasteiger charge is -2.26. The molecule has 0 fully saturated rings. The summed E-state index contributed by atoms with van der Waals surface area (Å²) in [6.07, 6.45) is 0.584. The Balaban J connectivity index is 1.88. The predicted octanol–water partition coefficient (Wildman–Crippen LogP) is 4.50. The van der Waals surface area contributed by atoms with Crippen LogP contribution in [0.3, 0.4) is 0 Å². The van der Waals surface area contributed by atoms with Crippen molar-refractivity contribution in [3.63, 3.8) is 0 Å². The Morgan fingerprint density at radius 3 is 2.65 bits per heavy atom. The normalized spacial score (nSPS) is 18.5. The van der Waals surface area contributed by atoms with Gasteiger partial charge in [0, 0.05) is 10.9 Å². The highest BCUT2D eigenvalue weighted by Crippen LogP contribution is 2.27. The van der Waals surface area contributed by atoms with E-state index in [0.717, 1.165) is 6.07 Å². The second kappa shape index (κ2) is 9.01. The van der Waals surface area contributed by atoms with Gasteiger partial charge in [-0.1, -0.05) is 24.6 Å². The molecule has 0 saturated heterocycles. The fourth-order valence-electron chi connectivity index (χ4n) is 3.07. The van der Waals surface area contributed by atoms with Gasteiger partial charge in [-0.15, -0.1) is 13.2 Å². The number of alkyl halides is 3. The first kappa shape index (κ1) is 22.7. The molecule has 1 aliphatic carbocycles. The first-order chi connectivity index (χ1) is 14.5. The van der Waals surface area contributed by atoms with Crippen LogP contribution in [-0.2, 0) is 11.3 Å². The minimum Gasteiger partial charge on any atom is -0.490 e. The maximum Gasteiger partial charge on any atom is 0.573 e. The second-order valence-corrected chi connectivity index (χ2v) is 7.29. The van der Waals surface area contributed by atoms with Crippen LogP contribution in [0.1, 0.15) is 12.5 Å². The number of rotatable bonds is 6. The van der Waals surface area contributed by atoms with Crippen LogP contribution in [0.15, 0.2) is 53.2 Å². The quantitative estimate of drug-likeness (QED) is 0.644. The SMILES string of the molecule is COc1cn(Cc2cc(F)cc(Cl)c2)c(NC2C=CC(OC(F)(F)F)=CC2C)nc1=O. The van der Waals surface area contributed by atoms with Crippen LogP contribution in [-0.4, -0.2) is 29.1 Å². The molecular formula is C20H18ClF4N3O3. The van der Waals surface area contributed by atoms with Crippen molar-refractivity contribution in [1.82, 2.24) is 9.55 Å². The van der Waals surface area contributed by atoms with E-state index in [4.69, 9.17) is 16.3 Å². The molecule has 1 aromatic carbocycles. The number of benzene rings is 1. The highest BCUT2D eigenvalue weighted by molar-refractivity contribution is 6.30. The summed E-state index contributed by atoms with van der Waals surface area (Å²) in [5.74, 6) is -1.17. The molecule has 0 saturated carbocycles. The van der Waals surface area contributed by atoms with Crippen LogP contribution in [0.5, 0.6) is 5.75 Å². The lowest BCUT2D eigenvalue weighted by molar-refractivity contribution is -0.303. The van der Waals surface area contributed by atoms with Gasteiger partial charge in [0.25, 0.3) is 0 Å². The van der Waals surface area contributed by atoms with E-state index in [2.05, 4.69) is 15.0 Å². The van der Waals surface area contributed by atoms with Crippen molar-refractivity contribution in [3.8, 4) is 5.75 Å². The van der Waals surface area contributed by atoms with E-state index < -0.39 is 29.7 Å². The molecule has 1 N–H and O–H groups in total. The number of aromatic nitrogens is 2. The third-order valence-electron chi connectivity index (χ3n) is 4.45. The molecule has 2 unspecified atom stereocenters. The highest BCUT2D eigenvalue weighted by atomic mass is 35.5. The van der Waals surface area contributed by atoms with Crippen molar-refractivity contribution in [1.29, 1.82) is 0 Å². The van der Waals surface area contributed by atoms with E-state index in [0.29, 0.717) is 5.56 Å². The van der Waals surface area contributed by atoms with Crippen molar-refractivity contribution >= 4 is 17.5 Å². The molecule has 11 heteroatoms. The molecule has 1 aliphatic rings. The molecule has 0 aliphatic heterocycles. The van der Waals surface area contributed by atoms with E-state index in [-0.39, 0.29) is 29.0 Å². The number of nitrogens with zero attached hydrogens (tertiary/aromatic N) is 2. The van der Waals surface area contributed by atoms with Crippen molar-refractivity contribution in [2.24, 2.45) is 5.92 Å². The summed E-state index contributed by atoms with van der Waals surface area (Å²) in [7, 11) is 1.31. The molecule has 2 atom stereocenters. The predicted molar refractivity (Wildman–Crippen MR) is 106 cm³/mol. The smallest absolute Gasteiger partial charge is 0.490 e. The van der Waals surface area contributed by atoms with Crippen molar-refractivity contribution < 1.29 is 27.0 Å². The Bertz CT molecular complexity index is 1060. The van der Waals surface area contributed by atoms with Gasteiger partial charge < -0.3 is 19.4 Å². The molecule has 0 bridgehead atoms. The Morgan fingerprint density at radius 1 is 1.29 bits per heavy atom. The molecule has 1 heterocycles. The third kappa shape index (κ3) is 6.00. The molecule has 3 rings (SSSR count). The Hall–Kier alpha value is -3.01. The van der Waals surface area contributed by atoms with E-state index in [1.165, 1.54) is 42.2 Å². The van der Waals surface area contributed by atoms with Crippen LogP contribution in [0.2, 0.25) is 5.02 Å². The number of methoxy groups -OCH3 is 1. The largest absolute Gasteiger partial charge is 0.573 e. The molecule has 1 aromatic heterocycles.